The molecule has 0 aliphatic carbocycles. The largest absolute Gasteiger partial charge is 0.326 e. The maximum Gasteiger partial charge on any atom is 0.123 e. The van der Waals surface area contributed by atoms with Crippen LogP contribution in [-0.4, -0.2) is 24.0 Å². The summed E-state index contributed by atoms with van der Waals surface area (Å²) in [6.07, 6.45) is 0.973. The van der Waals surface area contributed by atoms with Crippen molar-refractivity contribution in [3.63, 3.8) is 0 Å². The first kappa shape index (κ1) is 14.0. The van der Waals surface area contributed by atoms with Crippen LogP contribution in [0.1, 0.15) is 31.9 Å². The molecule has 0 bridgehead atoms. The molecule has 2 rings (SSSR count). The van der Waals surface area contributed by atoms with Crippen molar-refractivity contribution in [3.05, 3.63) is 34.1 Å². The lowest BCUT2D eigenvalue weighted by molar-refractivity contribution is 0.220. The molecular weight excluding hydrogens is 295 g/mol. The maximum atomic E-state index is 13.4. The van der Waals surface area contributed by atoms with E-state index >= 15 is 0 Å². The smallest absolute Gasteiger partial charge is 0.123 e. The predicted octanol–water partition coefficient (Wildman–Crippen LogP) is 3.32. The number of hydrogen-bond acceptors (Lipinski definition) is 2. The fourth-order valence-electron chi connectivity index (χ4n) is 2.73. The Morgan fingerprint density at radius 3 is 2.89 bits per heavy atom. The fraction of sp³-hybridized carbons (Fsp3) is 0.571. The normalized spacial score (nSPS) is 25.0. The van der Waals surface area contributed by atoms with Crippen LogP contribution in [0.3, 0.4) is 0 Å². The predicted molar refractivity (Wildman–Crippen MR) is 75.8 cm³/mol. The molecular formula is C14H20BrFN2. The van der Waals surface area contributed by atoms with E-state index in [1.54, 1.807) is 12.1 Å². The molecule has 100 valence electrons. The summed E-state index contributed by atoms with van der Waals surface area (Å²) in [7, 11) is 0. The van der Waals surface area contributed by atoms with Gasteiger partial charge in [-0.1, -0.05) is 29.8 Å². The second-order valence-electron chi connectivity index (χ2n) is 5.45. The van der Waals surface area contributed by atoms with Gasteiger partial charge in [0, 0.05) is 23.6 Å². The minimum atomic E-state index is -0.197. The molecule has 0 saturated carbocycles. The minimum Gasteiger partial charge on any atom is -0.326 e. The highest BCUT2D eigenvalue weighted by Gasteiger charge is 2.34. The van der Waals surface area contributed by atoms with Gasteiger partial charge in [0.2, 0.25) is 0 Å². The van der Waals surface area contributed by atoms with Crippen LogP contribution in [0.4, 0.5) is 4.39 Å². The van der Waals surface area contributed by atoms with Crippen molar-refractivity contribution in [1.29, 1.82) is 0 Å². The zero-order valence-electron chi connectivity index (χ0n) is 10.9. The Kier molecular flexibility index (Phi) is 4.41. The summed E-state index contributed by atoms with van der Waals surface area (Å²) in [4.78, 5) is 2.37. The SMILES string of the molecule is CC(C)CN1CCC(N)C1c1cc(F)ccc1Br. The van der Waals surface area contributed by atoms with Crippen molar-refractivity contribution in [3.8, 4) is 0 Å². The van der Waals surface area contributed by atoms with E-state index in [1.807, 2.05) is 0 Å². The van der Waals surface area contributed by atoms with E-state index in [0.717, 1.165) is 29.5 Å². The number of nitrogens with two attached hydrogens (primary N) is 1. The highest BCUT2D eigenvalue weighted by Crippen LogP contribution is 2.36. The van der Waals surface area contributed by atoms with E-state index in [4.69, 9.17) is 5.73 Å². The van der Waals surface area contributed by atoms with Crippen molar-refractivity contribution >= 4 is 15.9 Å². The lowest BCUT2D eigenvalue weighted by Gasteiger charge is -2.29. The molecule has 0 spiro atoms. The number of halogens is 2. The van der Waals surface area contributed by atoms with Gasteiger partial charge in [-0.2, -0.15) is 0 Å². The van der Waals surface area contributed by atoms with Crippen LogP contribution in [0.25, 0.3) is 0 Å². The number of benzene rings is 1. The van der Waals surface area contributed by atoms with E-state index in [2.05, 4.69) is 34.7 Å². The summed E-state index contributed by atoms with van der Waals surface area (Å²) in [6.45, 7) is 6.39. The molecule has 0 amide bonds. The molecule has 18 heavy (non-hydrogen) atoms. The molecule has 2 unspecified atom stereocenters. The van der Waals surface area contributed by atoms with Gasteiger partial charge in [0.1, 0.15) is 5.82 Å². The second-order valence-corrected chi connectivity index (χ2v) is 6.31. The van der Waals surface area contributed by atoms with E-state index < -0.39 is 0 Å². The Bertz CT molecular complexity index is 422. The third kappa shape index (κ3) is 2.92. The molecule has 4 heteroatoms. The van der Waals surface area contributed by atoms with Gasteiger partial charge in [0.15, 0.2) is 0 Å². The fourth-order valence-corrected chi connectivity index (χ4v) is 3.21. The zero-order valence-corrected chi connectivity index (χ0v) is 12.5. The molecule has 0 radical (unpaired) electrons. The van der Waals surface area contributed by atoms with Crippen LogP contribution in [0.15, 0.2) is 22.7 Å². The van der Waals surface area contributed by atoms with Crippen LogP contribution in [0.5, 0.6) is 0 Å². The quantitative estimate of drug-likeness (QED) is 0.927. The molecule has 1 fully saturated rings. The molecule has 2 N–H and O–H groups in total. The van der Waals surface area contributed by atoms with Crippen molar-refractivity contribution < 1.29 is 4.39 Å². The van der Waals surface area contributed by atoms with E-state index in [0.29, 0.717) is 5.92 Å². The summed E-state index contributed by atoms with van der Waals surface area (Å²) in [5.41, 5.74) is 7.18. The first-order valence-electron chi connectivity index (χ1n) is 6.43. The summed E-state index contributed by atoms with van der Waals surface area (Å²) < 4.78 is 14.4. The van der Waals surface area contributed by atoms with Gasteiger partial charge in [0.25, 0.3) is 0 Å². The number of hydrogen-bond donors (Lipinski definition) is 1. The number of nitrogens with zero attached hydrogens (tertiary/aromatic N) is 1. The van der Waals surface area contributed by atoms with Gasteiger partial charge in [-0.3, -0.25) is 4.90 Å². The summed E-state index contributed by atoms with van der Waals surface area (Å²) in [5, 5.41) is 0. The molecule has 1 aliphatic heterocycles. The molecule has 2 atom stereocenters. The average molecular weight is 315 g/mol. The summed E-state index contributed by atoms with van der Waals surface area (Å²) >= 11 is 3.51. The standard InChI is InChI=1S/C14H20BrFN2/c1-9(2)8-18-6-5-13(17)14(18)11-7-10(16)3-4-12(11)15/h3-4,7,9,13-14H,5-6,8,17H2,1-2H3. The topological polar surface area (TPSA) is 29.3 Å². The Balaban J connectivity index is 2.30. The Labute approximate surface area is 116 Å². The first-order chi connectivity index (χ1) is 8.49. The maximum absolute atomic E-state index is 13.4. The number of rotatable bonds is 3. The van der Waals surface area contributed by atoms with E-state index in [1.165, 1.54) is 6.07 Å². The average Bonchev–Trinajstić information content (AvgIpc) is 2.63. The highest BCUT2D eigenvalue weighted by atomic mass is 79.9. The van der Waals surface area contributed by atoms with Crippen molar-refractivity contribution in [2.75, 3.05) is 13.1 Å². The van der Waals surface area contributed by atoms with Crippen LogP contribution in [0.2, 0.25) is 0 Å². The van der Waals surface area contributed by atoms with Crippen LogP contribution in [0, 0.1) is 11.7 Å². The molecule has 0 aromatic heterocycles. The summed E-state index contributed by atoms with van der Waals surface area (Å²) in [5.74, 6) is 0.391. The lowest BCUT2D eigenvalue weighted by atomic mass is 10.00. The van der Waals surface area contributed by atoms with E-state index in [-0.39, 0.29) is 17.9 Å². The highest BCUT2D eigenvalue weighted by molar-refractivity contribution is 9.10. The van der Waals surface area contributed by atoms with E-state index in [9.17, 15) is 4.39 Å². The summed E-state index contributed by atoms with van der Waals surface area (Å²) in [6, 6.07) is 5.05. The van der Waals surface area contributed by atoms with Crippen LogP contribution < -0.4 is 5.73 Å². The molecule has 1 saturated heterocycles. The van der Waals surface area contributed by atoms with Crippen molar-refractivity contribution in [1.82, 2.24) is 4.90 Å². The lowest BCUT2D eigenvalue weighted by Crippen LogP contribution is -2.34. The number of likely N-dealkylation sites (tertiary alicyclic amines) is 1. The van der Waals surface area contributed by atoms with Gasteiger partial charge in [-0.05, 0) is 36.1 Å². The van der Waals surface area contributed by atoms with Crippen LogP contribution >= 0.6 is 15.9 Å². The zero-order chi connectivity index (χ0) is 13.3. The van der Waals surface area contributed by atoms with Gasteiger partial charge < -0.3 is 5.73 Å². The van der Waals surface area contributed by atoms with Gasteiger partial charge in [-0.15, -0.1) is 0 Å². The van der Waals surface area contributed by atoms with Crippen LogP contribution in [-0.2, 0) is 0 Å². The molecule has 1 aromatic rings. The Hall–Kier alpha value is -0.450. The molecule has 2 nitrogen and oxygen atoms in total. The third-order valence-corrected chi connectivity index (χ3v) is 4.15. The Morgan fingerprint density at radius 1 is 1.50 bits per heavy atom. The van der Waals surface area contributed by atoms with Gasteiger partial charge in [-0.25, -0.2) is 4.39 Å². The van der Waals surface area contributed by atoms with Gasteiger partial charge in [0.05, 0.1) is 6.04 Å². The third-order valence-electron chi connectivity index (χ3n) is 3.42. The monoisotopic (exact) mass is 314 g/mol. The minimum absolute atomic E-state index is 0.0850. The molecule has 1 aromatic carbocycles. The first-order valence-corrected chi connectivity index (χ1v) is 7.23. The Morgan fingerprint density at radius 2 is 2.22 bits per heavy atom. The van der Waals surface area contributed by atoms with Crippen molar-refractivity contribution in [2.24, 2.45) is 11.7 Å². The van der Waals surface area contributed by atoms with Gasteiger partial charge >= 0.3 is 0 Å². The molecule has 1 heterocycles. The second kappa shape index (κ2) is 5.68. The molecule has 1 aliphatic rings. The van der Waals surface area contributed by atoms with Crippen molar-refractivity contribution in [2.45, 2.75) is 32.4 Å².